The highest BCUT2D eigenvalue weighted by Gasteiger charge is 2.58. The monoisotopic (exact) mass is 567 g/mol. The number of furan rings is 1. The van der Waals surface area contributed by atoms with Gasteiger partial charge in [0.15, 0.2) is 0 Å². The van der Waals surface area contributed by atoms with Crippen LogP contribution < -0.4 is 20.8 Å². The zero-order chi connectivity index (χ0) is 29.3. The Morgan fingerprint density at radius 1 is 0.705 bits per heavy atom. The number of hydrogen-bond donors (Lipinski definition) is 0. The summed E-state index contributed by atoms with van der Waals surface area (Å²) in [7, 11) is 0. The molecule has 4 heterocycles. The molecule has 210 valence electrons. The molecule has 0 radical (unpaired) electrons. The van der Waals surface area contributed by atoms with E-state index in [9.17, 15) is 0 Å². The molecule has 1 aromatic heterocycles. The summed E-state index contributed by atoms with van der Waals surface area (Å²) in [4.78, 5) is 2.60. The van der Waals surface area contributed by atoms with E-state index in [4.69, 9.17) is 9.15 Å². The lowest BCUT2D eigenvalue weighted by Gasteiger charge is -2.42. The molecule has 0 saturated heterocycles. The van der Waals surface area contributed by atoms with Crippen LogP contribution in [0.2, 0.25) is 0 Å². The first-order valence-electron chi connectivity index (χ1n) is 15.6. The third-order valence-electron chi connectivity index (χ3n) is 10.2. The third kappa shape index (κ3) is 3.08. The molecule has 0 fully saturated rings. The maximum atomic E-state index is 7.11. The Kier molecular flexibility index (Phi) is 4.65. The minimum Gasteiger partial charge on any atom is -0.495 e. The number of para-hydroxylation sites is 1. The van der Waals surface area contributed by atoms with Crippen LogP contribution in [-0.2, 0) is 5.41 Å². The second-order valence-corrected chi connectivity index (χ2v) is 13.6. The van der Waals surface area contributed by atoms with E-state index in [1.54, 1.807) is 0 Å². The predicted octanol–water partition coefficient (Wildman–Crippen LogP) is 8.82. The molecular weight excluding hydrogens is 537 g/mol. The van der Waals surface area contributed by atoms with Gasteiger partial charge < -0.3 is 14.1 Å². The zero-order valence-corrected chi connectivity index (χ0v) is 25.0. The highest BCUT2D eigenvalue weighted by Crippen LogP contribution is 2.55. The Labute approximate surface area is 256 Å². The fraction of sp³-hybridized carbons (Fsp3) is 0.150. The SMILES string of the molecule is CC(C)(C)c1ccc(N2c3c4c(cc5ccccc35)-c3c(oc5ccccc35)B4C3Oc4ccc5ccccc5c4C32)cc1. The molecule has 3 aliphatic heterocycles. The Balaban J connectivity index is 1.34. The molecule has 7 aromatic rings. The molecule has 0 N–H and O–H groups in total. The van der Waals surface area contributed by atoms with Gasteiger partial charge in [-0.15, -0.1) is 0 Å². The molecule has 10 rings (SSSR count). The second-order valence-electron chi connectivity index (χ2n) is 13.6. The molecule has 3 nitrogen and oxygen atoms in total. The zero-order valence-electron chi connectivity index (χ0n) is 25.0. The van der Waals surface area contributed by atoms with Crippen LogP contribution in [0, 0.1) is 0 Å². The summed E-state index contributed by atoms with van der Waals surface area (Å²) in [6.45, 7) is 6.81. The lowest BCUT2D eigenvalue weighted by molar-refractivity contribution is 0.282. The number of nitrogens with zero attached hydrogens (tertiary/aromatic N) is 1. The van der Waals surface area contributed by atoms with E-state index in [2.05, 4.69) is 141 Å². The average Bonchev–Trinajstić information content (AvgIpc) is 3.71. The van der Waals surface area contributed by atoms with Crippen molar-refractivity contribution < 1.29 is 9.15 Å². The molecule has 4 heteroatoms. The quantitative estimate of drug-likeness (QED) is 0.186. The lowest BCUT2D eigenvalue weighted by atomic mass is 9.38. The van der Waals surface area contributed by atoms with E-state index < -0.39 is 0 Å². The Morgan fingerprint density at radius 3 is 2.20 bits per heavy atom. The van der Waals surface area contributed by atoms with E-state index in [0.29, 0.717) is 0 Å². The van der Waals surface area contributed by atoms with E-state index in [1.807, 2.05) is 0 Å². The summed E-state index contributed by atoms with van der Waals surface area (Å²) in [6, 6.07) is 41.9. The molecule has 2 atom stereocenters. The van der Waals surface area contributed by atoms with Crippen LogP contribution in [0.25, 0.3) is 43.6 Å². The molecule has 2 unspecified atom stereocenters. The molecule has 44 heavy (non-hydrogen) atoms. The van der Waals surface area contributed by atoms with Gasteiger partial charge in [0.2, 0.25) is 0 Å². The van der Waals surface area contributed by atoms with Crippen molar-refractivity contribution in [1.29, 1.82) is 0 Å². The fourth-order valence-electron chi connectivity index (χ4n) is 8.27. The van der Waals surface area contributed by atoms with Crippen LogP contribution in [0.5, 0.6) is 5.75 Å². The molecule has 0 bridgehead atoms. The molecule has 6 aromatic carbocycles. The van der Waals surface area contributed by atoms with Gasteiger partial charge in [0, 0.05) is 33.3 Å². The summed E-state index contributed by atoms with van der Waals surface area (Å²) in [5.41, 5.74) is 10.9. The minimum absolute atomic E-state index is 0.0201. The van der Waals surface area contributed by atoms with Crippen molar-refractivity contribution in [3.8, 4) is 16.9 Å². The highest BCUT2D eigenvalue weighted by atomic mass is 16.5. The second kappa shape index (κ2) is 8.36. The summed E-state index contributed by atoms with van der Waals surface area (Å²) >= 11 is 0. The maximum Gasteiger partial charge on any atom is 0.309 e. The first kappa shape index (κ1) is 24.5. The van der Waals surface area contributed by atoms with Crippen LogP contribution in [0.3, 0.4) is 0 Å². The van der Waals surface area contributed by atoms with Crippen LogP contribution >= 0.6 is 0 Å². The smallest absolute Gasteiger partial charge is 0.309 e. The number of hydrogen-bond acceptors (Lipinski definition) is 3. The van der Waals surface area contributed by atoms with Gasteiger partial charge in [-0.3, -0.25) is 0 Å². The summed E-state index contributed by atoms with van der Waals surface area (Å²) in [5.74, 6) is 0.971. The van der Waals surface area contributed by atoms with Gasteiger partial charge in [0.05, 0.1) is 11.7 Å². The van der Waals surface area contributed by atoms with Gasteiger partial charge >= 0.3 is 6.71 Å². The van der Waals surface area contributed by atoms with E-state index in [1.165, 1.54) is 66.0 Å². The van der Waals surface area contributed by atoms with Gasteiger partial charge in [0.1, 0.15) is 17.3 Å². The number of ether oxygens (including phenoxy) is 1. The lowest BCUT2D eigenvalue weighted by Crippen LogP contribution is -2.59. The first-order chi connectivity index (χ1) is 21.5. The number of benzene rings is 6. The topological polar surface area (TPSA) is 25.6 Å². The van der Waals surface area contributed by atoms with Crippen molar-refractivity contribution in [2.45, 2.75) is 38.2 Å². The summed E-state index contributed by atoms with van der Waals surface area (Å²) in [5, 5.41) is 6.16. The molecule has 0 saturated carbocycles. The van der Waals surface area contributed by atoms with E-state index in [-0.39, 0.29) is 24.2 Å². The van der Waals surface area contributed by atoms with Crippen molar-refractivity contribution in [2.75, 3.05) is 4.90 Å². The standard InChI is InChI=1S/C40H30BNO2/c1-40(2,3)25-17-19-26(20-18-25)42-36-28-13-7-5-11-24(28)22-30-33-29-14-8-9-15-31(29)43-38(33)41(35(30)36)39-37(42)34-27-12-6-4-10-23(27)16-21-32(34)44-39/h4-22,37,39H,1-3H3. The van der Waals surface area contributed by atoms with Crippen molar-refractivity contribution >= 4 is 61.7 Å². The van der Waals surface area contributed by atoms with Gasteiger partial charge in [0.25, 0.3) is 0 Å². The van der Waals surface area contributed by atoms with Gasteiger partial charge in [-0.25, -0.2) is 0 Å². The third-order valence-corrected chi connectivity index (χ3v) is 10.2. The summed E-state index contributed by atoms with van der Waals surface area (Å²) < 4.78 is 13.9. The molecule has 0 spiro atoms. The number of rotatable bonds is 1. The van der Waals surface area contributed by atoms with Gasteiger partial charge in [-0.2, -0.15) is 0 Å². The van der Waals surface area contributed by atoms with E-state index in [0.717, 1.165) is 17.0 Å². The Hall–Kier alpha value is -4.96. The van der Waals surface area contributed by atoms with Crippen molar-refractivity contribution in [3.63, 3.8) is 0 Å². The van der Waals surface area contributed by atoms with Crippen molar-refractivity contribution in [1.82, 2.24) is 0 Å². The fourth-order valence-corrected chi connectivity index (χ4v) is 8.27. The largest absolute Gasteiger partial charge is 0.495 e. The van der Waals surface area contributed by atoms with Crippen LogP contribution in [0.4, 0.5) is 11.4 Å². The van der Waals surface area contributed by atoms with E-state index >= 15 is 0 Å². The van der Waals surface area contributed by atoms with Crippen LogP contribution in [0.1, 0.15) is 37.9 Å². The average molecular weight is 567 g/mol. The Bertz CT molecular complexity index is 2330. The molecule has 0 amide bonds. The normalized spacial score (nSPS) is 18.0. The molecule has 3 aliphatic rings. The minimum atomic E-state index is -0.146. The maximum absolute atomic E-state index is 7.11. The summed E-state index contributed by atoms with van der Waals surface area (Å²) in [6.07, 6.45) is 0. The number of fused-ring (bicyclic) bond motifs is 13. The van der Waals surface area contributed by atoms with Crippen molar-refractivity contribution in [2.24, 2.45) is 0 Å². The number of anilines is 2. The predicted molar refractivity (Wildman–Crippen MR) is 183 cm³/mol. The van der Waals surface area contributed by atoms with Gasteiger partial charge in [-0.1, -0.05) is 106 Å². The molecule has 0 aliphatic carbocycles. The Morgan fingerprint density at radius 2 is 1.41 bits per heavy atom. The first-order valence-corrected chi connectivity index (χ1v) is 15.6. The van der Waals surface area contributed by atoms with Crippen LogP contribution in [0.15, 0.2) is 120 Å². The van der Waals surface area contributed by atoms with Crippen molar-refractivity contribution in [3.05, 3.63) is 126 Å². The highest BCUT2D eigenvalue weighted by molar-refractivity contribution is 6.92. The van der Waals surface area contributed by atoms with Gasteiger partial charge in [-0.05, 0) is 68.5 Å². The van der Waals surface area contributed by atoms with Crippen LogP contribution in [-0.4, -0.2) is 12.7 Å². The molecular formula is C40H30BNO2.